The molecule has 0 radical (unpaired) electrons. The van der Waals surface area contributed by atoms with E-state index >= 15 is 0 Å². The van der Waals surface area contributed by atoms with E-state index < -0.39 is 17.5 Å². The summed E-state index contributed by atoms with van der Waals surface area (Å²) in [6.07, 6.45) is 0. The summed E-state index contributed by atoms with van der Waals surface area (Å²) < 4.78 is 20.0. The Morgan fingerprint density at radius 3 is 2.86 bits per heavy atom. The first kappa shape index (κ1) is 15.1. The van der Waals surface area contributed by atoms with Crippen LogP contribution in [0.4, 0.5) is 10.1 Å². The highest BCUT2D eigenvalue weighted by Gasteiger charge is 2.17. The highest BCUT2D eigenvalue weighted by atomic mass is 32.2. The zero-order valence-corrected chi connectivity index (χ0v) is 12.2. The molecule has 0 spiro atoms. The molecule has 9 heteroatoms. The van der Waals surface area contributed by atoms with Crippen molar-refractivity contribution in [2.45, 2.75) is 17.0 Å². The molecule has 1 heterocycles. The van der Waals surface area contributed by atoms with Crippen LogP contribution in [0.1, 0.15) is 17.3 Å². The van der Waals surface area contributed by atoms with Crippen LogP contribution in [-0.2, 0) is 11.8 Å². The first-order chi connectivity index (χ1) is 9.93. The van der Waals surface area contributed by atoms with Crippen LogP contribution >= 0.6 is 11.8 Å². The minimum Gasteiger partial charge on any atom is -0.462 e. The van der Waals surface area contributed by atoms with Gasteiger partial charge in [-0.25, -0.2) is 19.1 Å². The van der Waals surface area contributed by atoms with E-state index in [1.165, 1.54) is 17.7 Å². The largest absolute Gasteiger partial charge is 0.462 e. The molecular weight excluding hydrogens is 299 g/mol. The quantitative estimate of drug-likeness (QED) is 0.648. The van der Waals surface area contributed by atoms with Crippen molar-refractivity contribution < 1.29 is 13.9 Å². The third kappa shape index (κ3) is 3.07. The molecule has 0 aliphatic carbocycles. The van der Waals surface area contributed by atoms with Crippen molar-refractivity contribution in [2.75, 3.05) is 12.3 Å². The second-order valence-corrected chi connectivity index (χ2v) is 5.07. The van der Waals surface area contributed by atoms with Crippen molar-refractivity contribution in [1.82, 2.24) is 14.8 Å². The number of H-pyrrole nitrogens is 1. The van der Waals surface area contributed by atoms with Gasteiger partial charge < -0.3 is 10.5 Å². The van der Waals surface area contributed by atoms with Gasteiger partial charge in [-0.15, -0.1) is 5.10 Å². The highest BCUT2D eigenvalue weighted by molar-refractivity contribution is 7.99. The molecule has 3 N–H and O–H groups in total. The van der Waals surface area contributed by atoms with Gasteiger partial charge in [0, 0.05) is 12.7 Å². The predicted octanol–water partition coefficient (Wildman–Crippen LogP) is 1.16. The number of hydrogen-bond donors (Lipinski definition) is 2. The molecule has 112 valence electrons. The van der Waals surface area contributed by atoms with Gasteiger partial charge in [0.1, 0.15) is 5.82 Å². The van der Waals surface area contributed by atoms with Crippen molar-refractivity contribution >= 4 is 23.4 Å². The number of nitrogens with one attached hydrogen (secondary N) is 1. The molecule has 0 fully saturated rings. The lowest BCUT2D eigenvalue weighted by Crippen LogP contribution is -2.13. The average molecular weight is 312 g/mol. The van der Waals surface area contributed by atoms with E-state index in [-0.39, 0.29) is 27.9 Å². The normalized spacial score (nSPS) is 10.6. The first-order valence-corrected chi connectivity index (χ1v) is 6.81. The Bertz CT molecular complexity index is 741. The van der Waals surface area contributed by atoms with Gasteiger partial charge in [0.25, 0.3) is 0 Å². The summed E-state index contributed by atoms with van der Waals surface area (Å²) in [6.45, 7) is 1.85. The zero-order valence-electron chi connectivity index (χ0n) is 11.3. The predicted molar refractivity (Wildman–Crippen MR) is 74.7 cm³/mol. The molecule has 2 rings (SSSR count). The zero-order chi connectivity index (χ0) is 15.6. The summed E-state index contributed by atoms with van der Waals surface area (Å²) >= 11 is 0.902. The SMILES string of the molecule is CCOC(=O)c1cc(Sc2n[nH]c(=O)n2C)c(F)cc1N. The number of benzene rings is 1. The number of carbonyl (C=O) groups is 1. The van der Waals surface area contributed by atoms with E-state index in [0.717, 1.165) is 17.8 Å². The number of aromatic nitrogens is 3. The molecule has 2 aromatic rings. The average Bonchev–Trinajstić information content (AvgIpc) is 2.74. The van der Waals surface area contributed by atoms with Gasteiger partial charge in [-0.3, -0.25) is 4.57 Å². The van der Waals surface area contributed by atoms with Crippen LogP contribution in [0.25, 0.3) is 0 Å². The summed E-state index contributed by atoms with van der Waals surface area (Å²) in [5.74, 6) is -1.24. The number of rotatable bonds is 4. The molecule has 7 nitrogen and oxygen atoms in total. The van der Waals surface area contributed by atoms with Crippen molar-refractivity contribution in [1.29, 1.82) is 0 Å². The Morgan fingerprint density at radius 2 is 2.29 bits per heavy atom. The van der Waals surface area contributed by atoms with Gasteiger partial charge in [0.2, 0.25) is 0 Å². The first-order valence-electron chi connectivity index (χ1n) is 5.99. The van der Waals surface area contributed by atoms with Crippen molar-refractivity contribution in [3.63, 3.8) is 0 Å². The van der Waals surface area contributed by atoms with Gasteiger partial charge in [-0.1, -0.05) is 0 Å². The molecule has 1 aromatic carbocycles. The molecule has 0 amide bonds. The van der Waals surface area contributed by atoms with E-state index in [1.54, 1.807) is 6.92 Å². The molecule has 1 aromatic heterocycles. The Hall–Kier alpha value is -2.29. The number of anilines is 1. The molecular formula is C12H13FN4O3S. The van der Waals surface area contributed by atoms with Gasteiger partial charge >= 0.3 is 11.7 Å². The lowest BCUT2D eigenvalue weighted by molar-refractivity contribution is 0.0527. The Kier molecular flexibility index (Phi) is 4.32. The third-order valence-electron chi connectivity index (χ3n) is 2.64. The van der Waals surface area contributed by atoms with Crippen LogP contribution in [0.15, 0.2) is 27.0 Å². The van der Waals surface area contributed by atoms with Crippen molar-refractivity contribution in [2.24, 2.45) is 7.05 Å². The fraction of sp³-hybridized carbons (Fsp3) is 0.250. The smallest absolute Gasteiger partial charge is 0.343 e. The minimum absolute atomic E-state index is 0.00813. The number of halogens is 1. The van der Waals surface area contributed by atoms with Crippen LogP contribution < -0.4 is 11.4 Å². The molecule has 0 unspecified atom stereocenters. The number of carbonyl (C=O) groups excluding carboxylic acids is 1. The van der Waals surface area contributed by atoms with Crippen LogP contribution in [0, 0.1) is 5.82 Å². The van der Waals surface area contributed by atoms with Crippen LogP contribution in [0.3, 0.4) is 0 Å². The van der Waals surface area contributed by atoms with Gasteiger partial charge in [-0.05, 0) is 30.8 Å². The molecule has 0 saturated heterocycles. The van der Waals surface area contributed by atoms with E-state index in [0.29, 0.717) is 0 Å². The van der Waals surface area contributed by atoms with Crippen molar-refractivity contribution in [3.05, 3.63) is 34.0 Å². The summed E-state index contributed by atoms with van der Waals surface area (Å²) in [7, 11) is 1.50. The lowest BCUT2D eigenvalue weighted by Gasteiger charge is -2.08. The number of nitrogens with zero attached hydrogens (tertiary/aromatic N) is 2. The maximum atomic E-state index is 13.9. The monoisotopic (exact) mass is 312 g/mol. The van der Waals surface area contributed by atoms with E-state index in [1.807, 2.05) is 0 Å². The number of aromatic amines is 1. The second kappa shape index (κ2) is 6.00. The lowest BCUT2D eigenvalue weighted by atomic mass is 10.2. The number of ether oxygens (including phenoxy) is 1. The number of hydrogen-bond acceptors (Lipinski definition) is 6. The standard InChI is InChI=1S/C12H13FN4O3S/c1-3-20-10(18)6-4-9(7(13)5-8(6)14)21-12-16-15-11(19)17(12)2/h4-5H,3,14H2,1-2H3,(H,15,19). The molecule has 0 bridgehead atoms. The maximum absolute atomic E-state index is 13.9. The van der Waals surface area contributed by atoms with Crippen molar-refractivity contribution in [3.8, 4) is 0 Å². The Balaban J connectivity index is 2.40. The molecule has 0 aliphatic heterocycles. The number of nitrogens with two attached hydrogens (primary N) is 1. The minimum atomic E-state index is -0.632. The maximum Gasteiger partial charge on any atom is 0.343 e. The van der Waals surface area contributed by atoms with Crippen LogP contribution in [0.2, 0.25) is 0 Å². The summed E-state index contributed by atoms with van der Waals surface area (Å²) in [5.41, 5.74) is 5.27. The summed E-state index contributed by atoms with van der Waals surface area (Å²) in [6, 6.07) is 2.33. The molecule has 0 saturated carbocycles. The molecule has 0 atom stereocenters. The molecule has 21 heavy (non-hydrogen) atoms. The second-order valence-electron chi connectivity index (χ2n) is 4.06. The Labute approximate surface area is 123 Å². The fourth-order valence-corrected chi connectivity index (χ4v) is 2.40. The van der Waals surface area contributed by atoms with Crippen LogP contribution in [-0.4, -0.2) is 27.3 Å². The van der Waals surface area contributed by atoms with Crippen LogP contribution in [0.5, 0.6) is 0 Å². The summed E-state index contributed by atoms with van der Waals surface area (Å²) in [5, 5.41) is 6.27. The summed E-state index contributed by atoms with van der Waals surface area (Å²) in [4.78, 5) is 23.1. The fourth-order valence-electron chi connectivity index (χ4n) is 1.55. The number of nitrogen functional groups attached to an aromatic ring is 1. The Morgan fingerprint density at radius 1 is 1.57 bits per heavy atom. The van der Waals surface area contributed by atoms with Gasteiger partial charge in [-0.2, -0.15) is 0 Å². The number of esters is 1. The molecule has 0 aliphatic rings. The van der Waals surface area contributed by atoms with E-state index in [4.69, 9.17) is 10.5 Å². The topological polar surface area (TPSA) is 103 Å². The van der Waals surface area contributed by atoms with Gasteiger partial charge in [0.15, 0.2) is 5.16 Å². The highest BCUT2D eigenvalue weighted by Crippen LogP contribution is 2.30. The van der Waals surface area contributed by atoms with E-state index in [9.17, 15) is 14.0 Å². The van der Waals surface area contributed by atoms with E-state index in [2.05, 4.69) is 10.2 Å². The van der Waals surface area contributed by atoms with Gasteiger partial charge in [0.05, 0.1) is 17.1 Å². The third-order valence-corrected chi connectivity index (χ3v) is 3.72.